The molecular formula is C39H42F2N4O7. The summed E-state index contributed by atoms with van der Waals surface area (Å²) in [5, 5.41) is 20.4. The first-order valence-electron chi connectivity index (χ1n) is 16.5. The Kier molecular flexibility index (Phi) is 12.9. The van der Waals surface area contributed by atoms with E-state index in [-0.39, 0.29) is 23.4 Å². The molecule has 0 saturated heterocycles. The molecule has 4 aromatic carbocycles. The van der Waals surface area contributed by atoms with Gasteiger partial charge in [-0.1, -0.05) is 53.7 Å². The predicted molar refractivity (Wildman–Crippen MR) is 191 cm³/mol. The van der Waals surface area contributed by atoms with Crippen LogP contribution in [0.2, 0.25) is 0 Å². The molecule has 0 aliphatic rings. The standard InChI is InChI=1S/C39H42F2N4O7/c1-25(44-50)29-18-30(20-33(19-29)42-35(47)28-14-10-7-11-15-28)36(48)43-39(51-5,22-27-16-31(40)21-32(41)17-27)34(46)24-45(37(49)52-38(2,3)4)23-26-12-8-6-9-13-26/h6-21,25,34,46H,22-24H2,1-5H3,(H,42,47)(H,43,48)/t25?,34-,39+/m1/s1. The monoisotopic (exact) mass is 716 g/mol. The third-order valence-electron chi connectivity index (χ3n) is 8.03. The molecule has 4 rings (SSSR count). The van der Waals surface area contributed by atoms with E-state index in [1.165, 1.54) is 37.1 Å². The highest BCUT2D eigenvalue weighted by Gasteiger charge is 2.42. The van der Waals surface area contributed by atoms with Crippen molar-refractivity contribution in [3.8, 4) is 0 Å². The van der Waals surface area contributed by atoms with Gasteiger partial charge < -0.3 is 30.1 Å². The predicted octanol–water partition coefficient (Wildman–Crippen LogP) is 7.16. The Morgan fingerprint density at radius 1 is 0.846 bits per heavy atom. The molecule has 0 spiro atoms. The van der Waals surface area contributed by atoms with Gasteiger partial charge in [-0.05, 0) is 86.8 Å². The van der Waals surface area contributed by atoms with Gasteiger partial charge >= 0.3 is 6.09 Å². The second kappa shape index (κ2) is 17.1. The lowest BCUT2D eigenvalue weighted by atomic mass is 9.94. The van der Waals surface area contributed by atoms with Crippen LogP contribution >= 0.6 is 0 Å². The van der Waals surface area contributed by atoms with Crippen LogP contribution in [0.25, 0.3) is 0 Å². The fourth-order valence-electron chi connectivity index (χ4n) is 5.43. The molecule has 0 aliphatic heterocycles. The highest BCUT2D eigenvalue weighted by molar-refractivity contribution is 6.05. The van der Waals surface area contributed by atoms with E-state index in [2.05, 4.69) is 15.8 Å². The number of anilines is 1. The van der Waals surface area contributed by atoms with Crippen molar-refractivity contribution >= 4 is 23.6 Å². The third kappa shape index (κ3) is 10.7. The smallest absolute Gasteiger partial charge is 0.410 e. The molecule has 11 nitrogen and oxygen atoms in total. The fraction of sp³-hybridized carbons (Fsp3) is 0.308. The van der Waals surface area contributed by atoms with E-state index in [9.17, 15) is 33.2 Å². The maximum atomic E-state index is 14.4. The fourth-order valence-corrected chi connectivity index (χ4v) is 5.43. The van der Waals surface area contributed by atoms with E-state index in [1.54, 1.807) is 81.4 Å². The van der Waals surface area contributed by atoms with E-state index in [0.29, 0.717) is 22.8 Å². The Morgan fingerprint density at radius 2 is 1.46 bits per heavy atom. The second-order valence-corrected chi connectivity index (χ2v) is 13.3. The van der Waals surface area contributed by atoms with Crippen LogP contribution in [0.1, 0.15) is 71.1 Å². The summed E-state index contributed by atoms with van der Waals surface area (Å²) in [5.41, 5.74) is -1.53. The first-order chi connectivity index (χ1) is 24.6. The number of ether oxygens (including phenoxy) is 2. The van der Waals surface area contributed by atoms with Gasteiger partial charge in [0.25, 0.3) is 11.8 Å². The van der Waals surface area contributed by atoms with Gasteiger partial charge in [-0.15, -0.1) is 0 Å². The molecule has 0 radical (unpaired) electrons. The molecule has 0 aromatic heterocycles. The maximum absolute atomic E-state index is 14.4. The average molecular weight is 717 g/mol. The second-order valence-electron chi connectivity index (χ2n) is 13.3. The maximum Gasteiger partial charge on any atom is 0.410 e. The van der Waals surface area contributed by atoms with Crippen LogP contribution in [0, 0.1) is 16.5 Å². The zero-order chi connectivity index (χ0) is 38.1. The summed E-state index contributed by atoms with van der Waals surface area (Å²) >= 11 is 0. The first kappa shape index (κ1) is 39.3. The van der Waals surface area contributed by atoms with Crippen molar-refractivity contribution in [1.82, 2.24) is 10.2 Å². The number of hydrogen-bond donors (Lipinski definition) is 3. The molecule has 13 heteroatoms. The molecule has 0 fully saturated rings. The summed E-state index contributed by atoms with van der Waals surface area (Å²) in [6, 6.07) is 23.3. The van der Waals surface area contributed by atoms with Gasteiger partial charge in [-0.25, -0.2) is 13.6 Å². The molecular weight excluding hydrogens is 674 g/mol. The van der Waals surface area contributed by atoms with Gasteiger partial charge in [0.1, 0.15) is 29.4 Å². The summed E-state index contributed by atoms with van der Waals surface area (Å²) in [7, 11) is 1.19. The number of aliphatic hydroxyl groups excluding tert-OH is 1. The SMILES string of the molecule is CO[C@](Cc1cc(F)cc(F)c1)(NC(=O)c1cc(NC(=O)c2ccccc2)cc(C(C)N=O)c1)[C@H](O)CN(Cc1ccccc1)C(=O)OC(C)(C)C. The number of benzene rings is 4. The number of carbonyl (C=O) groups excluding carboxylic acids is 3. The Labute approximate surface area is 300 Å². The number of halogens is 2. The van der Waals surface area contributed by atoms with Gasteiger partial charge in [0.15, 0.2) is 5.72 Å². The molecule has 0 bridgehead atoms. The molecule has 1 unspecified atom stereocenters. The van der Waals surface area contributed by atoms with Gasteiger partial charge in [0.2, 0.25) is 0 Å². The molecule has 3 atom stereocenters. The summed E-state index contributed by atoms with van der Waals surface area (Å²) in [6.45, 7) is 6.11. The average Bonchev–Trinajstić information content (AvgIpc) is 3.10. The molecule has 3 N–H and O–H groups in total. The number of hydrogen-bond acceptors (Lipinski definition) is 8. The van der Waals surface area contributed by atoms with Crippen molar-refractivity contribution in [1.29, 1.82) is 0 Å². The lowest BCUT2D eigenvalue weighted by Crippen LogP contribution is -2.62. The van der Waals surface area contributed by atoms with Crippen molar-refractivity contribution < 1.29 is 37.7 Å². The molecule has 274 valence electrons. The highest BCUT2D eigenvalue weighted by atomic mass is 19.1. The summed E-state index contributed by atoms with van der Waals surface area (Å²) in [4.78, 5) is 53.4. The van der Waals surface area contributed by atoms with Crippen LogP contribution in [0.3, 0.4) is 0 Å². The Balaban J connectivity index is 1.75. The number of rotatable bonds is 14. The minimum atomic E-state index is -2.10. The summed E-state index contributed by atoms with van der Waals surface area (Å²) in [5.74, 6) is -3.13. The van der Waals surface area contributed by atoms with Gasteiger partial charge in [-0.2, -0.15) is 4.91 Å². The van der Waals surface area contributed by atoms with Crippen LogP contribution in [-0.2, 0) is 22.4 Å². The minimum absolute atomic E-state index is 0.00174. The largest absolute Gasteiger partial charge is 0.444 e. The topological polar surface area (TPSA) is 147 Å². The molecule has 3 amide bonds. The quantitative estimate of drug-likeness (QED) is 0.0927. The number of carbonyl (C=O) groups is 3. The van der Waals surface area contributed by atoms with E-state index >= 15 is 0 Å². The summed E-state index contributed by atoms with van der Waals surface area (Å²) < 4.78 is 40.3. The first-order valence-corrected chi connectivity index (χ1v) is 16.5. The van der Waals surface area contributed by atoms with Crippen LogP contribution in [0.5, 0.6) is 0 Å². The van der Waals surface area contributed by atoms with Gasteiger partial charge in [0.05, 0.1) is 6.54 Å². The molecule has 52 heavy (non-hydrogen) atoms. The normalized spacial score (nSPS) is 13.6. The summed E-state index contributed by atoms with van der Waals surface area (Å²) in [6.07, 6.45) is -2.95. The number of nitrogens with one attached hydrogen (secondary N) is 2. The van der Waals surface area contributed by atoms with Crippen molar-refractivity contribution in [2.24, 2.45) is 5.18 Å². The Bertz CT molecular complexity index is 1850. The Morgan fingerprint density at radius 3 is 2.04 bits per heavy atom. The van der Waals surface area contributed by atoms with Crippen LogP contribution in [0.4, 0.5) is 19.3 Å². The number of aliphatic hydroxyl groups is 1. The van der Waals surface area contributed by atoms with Crippen molar-refractivity contribution in [3.05, 3.63) is 141 Å². The number of nitroso groups, excluding NO2 is 1. The Hall–Kier alpha value is -5.53. The van der Waals surface area contributed by atoms with Gasteiger partial charge in [-0.3, -0.25) is 9.59 Å². The molecule has 0 saturated carbocycles. The molecule has 0 heterocycles. The molecule has 4 aromatic rings. The number of methoxy groups -OCH3 is 1. The lowest BCUT2D eigenvalue weighted by Gasteiger charge is -2.40. The van der Waals surface area contributed by atoms with Crippen LogP contribution in [0.15, 0.2) is 102 Å². The van der Waals surface area contributed by atoms with Gasteiger partial charge in [0, 0.05) is 43.0 Å². The minimum Gasteiger partial charge on any atom is -0.444 e. The third-order valence-corrected chi connectivity index (χ3v) is 8.03. The van der Waals surface area contributed by atoms with E-state index in [0.717, 1.165) is 12.1 Å². The van der Waals surface area contributed by atoms with Crippen molar-refractivity contribution in [2.75, 3.05) is 19.0 Å². The zero-order valence-corrected chi connectivity index (χ0v) is 29.6. The lowest BCUT2D eigenvalue weighted by molar-refractivity contribution is -0.125. The van der Waals surface area contributed by atoms with Crippen molar-refractivity contribution in [3.63, 3.8) is 0 Å². The van der Waals surface area contributed by atoms with Crippen molar-refractivity contribution in [2.45, 2.75) is 64.1 Å². The van der Waals surface area contributed by atoms with E-state index < -0.39 is 66.0 Å². The van der Waals surface area contributed by atoms with E-state index in [4.69, 9.17) is 9.47 Å². The zero-order valence-electron chi connectivity index (χ0n) is 29.6. The van der Waals surface area contributed by atoms with Crippen LogP contribution < -0.4 is 10.6 Å². The number of amides is 3. The highest BCUT2D eigenvalue weighted by Crippen LogP contribution is 2.27. The number of nitrogens with zero attached hydrogens (tertiary/aromatic N) is 2. The van der Waals surface area contributed by atoms with Crippen LogP contribution in [-0.4, -0.2) is 59.0 Å². The molecule has 0 aliphatic carbocycles. The van der Waals surface area contributed by atoms with E-state index in [1.807, 2.05) is 0 Å².